The Morgan fingerprint density at radius 2 is 2.11 bits per heavy atom. The minimum Gasteiger partial charge on any atom is -0.377 e. The summed E-state index contributed by atoms with van der Waals surface area (Å²) in [6.07, 6.45) is 3.86. The Morgan fingerprint density at radius 3 is 2.68 bits per heavy atom. The van der Waals surface area contributed by atoms with E-state index in [9.17, 15) is 0 Å². The van der Waals surface area contributed by atoms with E-state index in [1.54, 1.807) is 0 Å². The van der Waals surface area contributed by atoms with E-state index in [0.717, 1.165) is 24.5 Å². The molecule has 0 unspecified atom stereocenters. The van der Waals surface area contributed by atoms with Gasteiger partial charge in [-0.2, -0.15) is 10.2 Å². The molecule has 0 aliphatic heterocycles. The van der Waals surface area contributed by atoms with Crippen LogP contribution in [0.1, 0.15) is 25.2 Å². The zero-order chi connectivity index (χ0) is 13.1. The van der Waals surface area contributed by atoms with E-state index in [1.807, 2.05) is 31.0 Å². The van der Waals surface area contributed by atoms with Gasteiger partial charge in [0, 0.05) is 26.0 Å². The van der Waals surface area contributed by atoms with Gasteiger partial charge in [0.1, 0.15) is 0 Å². The van der Waals surface area contributed by atoms with Crippen molar-refractivity contribution in [3.05, 3.63) is 29.8 Å². The van der Waals surface area contributed by atoms with Gasteiger partial charge in [0.2, 0.25) is 0 Å². The maximum Gasteiger partial charge on any atom is 0.0825 e. The highest BCUT2D eigenvalue weighted by Crippen LogP contribution is 2.13. The first-order chi connectivity index (χ1) is 8.56. The first kappa shape index (κ1) is 15.6. The highest BCUT2D eigenvalue weighted by Gasteiger charge is 2.06. The Bertz CT molecular complexity index is 515. The van der Waals surface area contributed by atoms with Crippen LogP contribution in [0, 0.1) is 12.8 Å². The van der Waals surface area contributed by atoms with Crippen molar-refractivity contribution in [2.24, 2.45) is 13.0 Å². The average molecular weight is 284 g/mol. The molecule has 0 aromatic carbocycles. The molecule has 0 radical (unpaired) electrons. The van der Waals surface area contributed by atoms with Gasteiger partial charge in [-0.05, 0) is 18.9 Å². The van der Waals surface area contributed by atoms with Crippen molar-refractivity contribution in [2.45, 2.75) is 33.9 Å². The number of nitrogens with one attached hydrogen (secondary N) is 1. The summed E-state index contributed by atoms with van der Waals surface area (Å²) in [5, 5.41) is 12.1. The third-order valence-electron chi connectivity index (χ3n) is 2.82. The van der Waals surface area contributed by atoms with E-state index in [0.29, 0.717) is 5.92 Å². The van der Waals surface area contributed by atoms with Gasteiger partial charge in [-0.15, -0.1) is 12.4 Å². The summed E-state index contributed by atoms with van der Waals surface area (Å²) in [4.78, 5) is 0. The van der Waals surface area contributed by atoms with Gasteiger partial charge in [0.25, 0.3) is 0 Å². The fourth-order valence-electron chi connectivity index (χ4n) is 1.98. The Labute approximate surface area is 120 Å². The van der Waals surface area contributed by atoms with Gasteiger partial charge in [-0.25, -0.2) is 0 Å². The summed E-state index contributed by atoms with van der Waals surface area (Å²) in [5.74, 6) is 0.601. The molecule has 0 spiro atoms. The topological polar surface area (TPSA) is 47.7 Å². The summed E-state index contributed by atoms with van der Waals surface area (Å²) in [5.41, 5.74) is 3.30. The fraction of sp³-hybridized carbons (Fsp3) is 0.538. The Balaban J connectivity index is 0.00000180. The van der Waals surface area contributed by atoms with Crippen molar-refractivity contribution in [1.29, 1.82) is 0 Å². The zero-order valence-corrected chi connectivity index (χ0v) is 12.7. The van der Waals surface area contributed by atoms with Crippen molar-refractivity contribution >= 4 is 18.1 Å². The molecule has 2 rings (SSSR count). The van der Waals surface area contributed by atoms with Gasteiger partial charge >= 0.3 is 0 Å². The van der Waals surface area contributed by atoms with E-state index < -0.39 is 0 Å². The van der Waals surface area contributed by atoms with Crippen molar-refractivity contribution in [3.63, 3.8) is 0 Å². The standard InChI is InChI=1S/C13H21N5.ClH/c1-10(2)8-18-12(5-6-15-18)7-14-13-9-17(4)16-11(13)3;/h5-6,9-10,14H,7-8H2,1-4H3;1H. The fourth-order valence-corrected chi connectivity index (χ4v) is 1.98. The number of aryl methyl sites for hydroxylation is 2. The number of aromatic nitrogens is 4. The van der Waals surface area contributed by atoms with Crippen LogP contribution in [-0.4, -0.2) is 19.6 Å². The minimum atomic E-state index is 0. The molecule has 0 amide bonds. The van der Waals surface area contributed by atoms with Gasteiger partial charge in [-0.3, -0.25) is 9.36 Å². The maximum atomic E-state index is 4.35. The van der Waals surface area contributed by atoms with Crippen LogP contribution in [-0.2, 0) is 20.1 Å². The molecule has 2 heterocycles. The molecule has 0 aliphatic carbocycles. The van der Waals surface area contributed by atoms with Crippen LogP contribution in [0.25, 0.3) is 0 Å². The zero-order valence-electron chi connectivity index (χ0n) is 11.9. The SMILES string of the molecule is Cc1nn(C)cc1NCc1ccnn1CC(C)C.Cl. The second-order valence-corrected chi connectivity index (χ2v) is 5.05. The molecule has 0 fully saturated rings. The Hall–Kier alpha value is -1.49. The first-order valence-corrected chi connectivity index (χ1v) is 6.31. The number of hydrogen-bond acceptors (Lipinski definition) is 3. The summed E-state index contributed by atoms with van der Waals surface area (Å²) < 4.78 is 3.88. The van der Waals surface area contributed by atoms with E-state index in [4.69, 9.17) is 0 Å². The number of rotatable bonds is 5. The Morgan fingerprint density at radius 1 is 1.37 bits per heavy atom. The van der Waals surface area contributed by atoms with E-state index in [1.165, 1.54) is 5.69 Å². The summed E-state index contributed by atoms with van der Waals surface area (Å²) in [6, 6.07) is 2.06. The van der Waals surface area contributed by atoms with Crippen LogP contribution in [0.2, 0.25) is 0 Å². The predicted octanol–water partition coefficient (Wildman–Crippen LogP) is 2.61. The lowest BCUT2D eigenvalue weighted by atomic mass is 10.2. The van der Waals surface area contributed by atoms with Gasteiger partial charge in [0.15, 0.2) is 0 Å². The van der Waals surface area contributed by atoms with E-state index in [2.05, 4.69) is 40.1 Å². The van der Waals surface area contributed by atoms with Crippen molar-refractivity contribution in [2.75, 3.05) is 5.32 Å². The van der Waals surface area contributed by atoms with Crippen molar-refractivity contribution in [1.82, 2.24) is 19.6 Å². The van der Waals surface area contributed by atoms with Gasteiger partial charge in [0.05, 0.1) is 23.6 Å². The first-order valence-electron chi connectivity index (χ1n) is 6.31. The monoisotopic (exact) mass is 283 g/mol. The number of nitrogens with zero attached hydrogens (tertiary/aromatic N) is 4. The second-order valence-electron chi connectivity index (χ2n) is 5.05. The minimum absolute atomic E-state index is 0. The molecule has 0 saturated carbocycles. The predicted molar refractivity (Wildman–Crippen MR) is 79.6 cm³/mol. The smallest absolute Gasteiger partial charge is 0.0825 e. The summed E-state index contributed by atoms with van der Waals surface area (Å²) >= 11 is 0. The molecule has 0 bridgehead atoms. The molecule has 0 saturated heterocycles. The second kappa shape index (κ2) is 6.61. The van der Waals surface area contributed by atoms with Crippen LogP contribution in [0.3, 0.4) is 0 Å². The molecule has 2 aromatic rings. The quantitative estimate of drug-likeness (QED) is 0.918. The lowest BCUT2D eigenvalue weighted by Crippen LogP contribution is -2.12. The molecule has 19 heavy (non-hydrogen) atoms. The van der Waals surface area contributed by atoms with E-state index >= 15 is 0 Å². The van der Waals surface area contributed by atoms with Crippen LogP contribution in [0.15, 0.2) is 18.5 Å². The van der Waals surface area contributed by atoms with Crippen LogP contribution >= 0.6 is 12.4 Å². The molecule has 0 atom stereocenters. The molecule has 6 heteroatoms. The molecular formula is C13H22ClN5. The normalized spacial score (nSPS) is 10.6. The molecule has 106 valence electrons. The summed E-state index contributed by atoms with van der Waals surface area (Å²) in [7, 11) is 1.93. The highest BCUT2D eigenvalue weighted by molar-refractivity contribution is 5.85. The molecule has 5 nitrogen and oxygen atoms in total. The third kappa shape index (κ3) is 3.99. The molecular weight excluding hydrogens is 262 g/mol. The molecule has 1 N–H and O–H groups in total. The number of hydrogen-bond donors (Lipinski definition) is 1. The van der Waals surface area contributed by atoms with Gasteiger partial charge < -0.3 is 5.32 Å². The highest BCUT2D eigenvalue weighted by atomic mass is 35.5. The summed E-state index contributed by atoms with van der Waals surface area (Å²) in [6.45, 7) is 8.14. The maximum absolute atomic E-state index is 4.35. The lowest BCUT2D eigenvalue weighted by molar-refractivity contribution is 0.470. The lowest BCUT2D eigenvalue weighted by Gasteiger charge is -2.10. The largest absolute Gasteiger partial charge is 0.377 e. The number of anilines is 1. The van der Waals surface area contributed by atoms with Crippen molar-refractivity contribution in [3.8, 4) is 0 Å². The molecule has 0 aliphatic rings. The number of halogens is 1. The molecule has 2 aromatic heterocycles. The van der Waals surface area contributed by atoms with Crippen molar-refractivity contribution < 1.29 is 0 Å². The van der Waals surface area contributed by atoms with Gasteiger partial charge in [-0.1, -0.05) is 13.8 Å². The van der Waals surface area contributed by atoms with Crippen LogP contribution in [0.5, 0.6) is 0 Å². The average Bonchev–Trinajstić information content (AvgIpc) is 2.82. The Kier molecular flexibility index (Phi) is 5.42. The third-order valence-corrected chi connectivity index (χ3v) is 2.82. The van der Waals surface area contributed by atoms with Crippen LogP contribution < -0.4 is 5.32 Å². The van der Waals surface area contributed by atoms with Crippen LogP contribution in [0.4, 0.5) is 5.69 Å². The van der Waals surface area contributed by atoms with E-state index in [-0.39, 0.29) is 12.4 Å².